The molecule has 0 radical (unpaired) electrons. The van der Waals surface area contributed by atoms with Crippen molar-refractivity contribution in [3.8, 4) is 0 Å². The van der Waals surface area contributed by atoms with E-state index in [0.29, 0.717) is 5.17 Å². The van der Waals surface area contributed by atoms with E-state index in [9.17, 15) is 13.2 Å². The molecule has 0 bridgehead atoms. The fourth-order valence-corrected chi connectivity index (χ4v) is 3.64. The van der Waals surface area contributed by atoms with Gasteiger partial charge in [0.05, 0.1) is 11.1 Å². The van der Waals surface area contributed by atoms with Crippen LogP contribution in [0.2, 0.25) is 0 Å². The summed E-state index contributed by atoms with van der Waals surface area (Å²) in [5.74, 6) is -1.42. The molecule has 0 spiro atoms. The second kappa shape index (κ2) is 9.30. The van der Waals surface area contributed by atoms with Gasteiger partial charge in [0.1, 0.15) is 5.75 Å². The Kier molecular flexibility index (Phi) is 7.11. The van der Waals surface area contributed by atoms with Crippen LogP contribution in [0.15, 0.2) is 75.7 Å². The molecule has 0 saturated heterocycles. The number of sulfone groups is 1. The van der Waals surface area contributed by atoms with Crippen molar-refractivity contribution in [1.29, 1.82) is 0 Å². The Bertz CT molecular complexity index is 896. The molecule has 2 rings (SSSR count). The highest BCUT2D eigenvalue weighted by atomic mass is 32.2. The Morgan fingerprint density at radius 2 is 1.65 bits per heavy atom. The van der Waals surface area contributed by atoms with E-state index in [1.54, 1.807) is 37.7 Å². The maximum Gasteiger partial charge on any atom is 0.263 e. The zero-order chi connectivity index (χ0) is 19.0. The summed E-state index contributed by atoms with van der Waals surface area (Å²) in [6, 6.07) is 17.3. The third-order valence-electron chi connectivity index (χ3n) is 3.28. The summed E-state index contributed by atoms with van der Waals surface area (Å²) in [6.45, 7) is 0. The second-order valence-corrected chi connectivity index (χ2v) is 8.01. The Morgan fingerprint density at radius 1 is 1.08 bits per heavy atom. The number of amidine groups is 1. The SMILES string of the molecule is CSC(=NC(=O)CS(=O)(=O)c1ccccc1)N(C)N=Cc1ccccc1. The number of hydrogen-bond acceptors (Lipinski definition) is 5. The van der Waals surface area contributed by atoms with Crippen LogP contribution >= 0.6 is 11.8 Å². The molecule has 2 aromatic rings. The lowest BCUT2D eigenvalue weighted by Crippen LogP contribution is -2.22. The number of hydrogen-bond donors (Lipinski definition) is 0. The van der Waals surface area contributed by atoms with Gasteiger partial charge in [-0.2, -0.15) is 10.1 Å². The smallest absolute Gasteiger partial charge is 0.263 e. The standard InChI is InChI=1S/C18H19N3O3S2/c1-21(19-13-15-9-5-3-6-10-15)18(25-2)20-17(22)14-26(23,24)16-11-7-4-8-12-16/h3-13H,14H2,1-2H3. The normalized spacial score (nSPS) is 12.3. The average Bonchev–Trinajstić information content (AvgIpc) is 2.65. The molecule has 0 fully saturated rings. The summed E-state index contributed by atoms with van der Waals surface area (Å²) < 4.78 is 24.5. The lowest BCUT2D eigenvalue weighted by Gasteiger charge is -2.13. The van der Waals surface area contributed by atoms with Crippen molar-refractivity contribution in [2.45, 2.75) is 4.90 Å². The largest absolute Gasteiger partial charge is 0.271 e. The first-order valence-electron chi connectivity index (χ1n) is 7.68. The van der Waals surface area contributed by atoms with Crippen LogP contribution in [0.25, 0.3) is 0 Å². The Morgan fingerprint density at radius 3 is 2.23 bits per heavy atom. The first-order valence-corrected chi connectivity index (χ1v) is 10.6. The van der Waals surface area contributed by atoms with Gasteiger partial charge in [-0.05, 0) is 24.0 Å². The van der Waals surface area contributed by atoms with Gasteiger partial charge in [-0.3, -0.25) is 4.79 Å². The average molecular weight is 390 g/mol. The van der Waals surface area contributed by atoms with E-state index < -0.39 is 21.5 Å². The molecule has 8 heteroatoms. The molecule has 0 aliphatic rings. The van der Waals surface area contributed by atoms with Gasteiger partial charge < -0.3 is 0 Å². The second-order valence-electron chi connectivity index (χ2n) is 5.24. The first-order chi connectivity index (χ1) is 12.4. The molecule has 0 N–H and O–H groups in total. The van der Waals surface area contributed by atoms with Crippen molar-refractivity contribution in [2.75, 3.05) is 19.1 Å². The predicted molar refractivity (Wildman–Crippen MR) is 106 cm³/mol. The van der Waals surface area contributed by atoms with Crippen molar-refractivity contribution < 1.29 is 13.2 Å². The van der Waals surface area contributed by atoms with Crippen LogP contribution < -0.4 is 0 Å². The minimum absolute atomic E-state index is 0.102. The quantitative estimate of drug-likeness (QED) is 0.446. The third-order valence-corrected chi connectivity index (χ3v) is 5.61. The fourth-order valence-electron chi connectivity index (χ4n) is 2.00. The van der Waals surface area contributed by atoms with Crippen molar-refractivity contribution in [2.24, 2.45) is 10.1 Å². The molecule has 0 aliphatic carbocycles. The van der Waals surface area contributed by atoms with Gasteiger partial charge in [0, 0.05) is 7.05 Å². The predicted octanol–water partition coefficient (Wildman–Crippen LogP) is 2.67. The maximum absolute atomic E-state index is 12.3. The summed E-state index contributed by atoms with van der Waals surface area (Å²) >= 11 is 1.21. The van der Waals surface area contributed by atoms with E-state index in [1.165, 1.54) is 28.9 Å². The van der Waals surface area contributed by atoms with Gasteiger partial charge >= 0.3 is 0 Å². The summed E-state index contributed by atoms with van der Waals surface area (Å²) in [4.78, 5) is 16.1. The van der Waals surface area contributed by atoms with Crippen LogP contribution in [-0.4, -0.2) is 49.8 Å². The van der Waals surface area contributed by atoms with Gasteiger partial charge in [-0.15, -0.1) is 0 Å². The van der Waals surface area contributed by atoms with Gasteiger partial charge in [-0.25, -0.2) is 13.4 Å². The molecule has 0 unspecified atom stereocenters. The molecule has 2 aromatic carbocycles. The van der Waals surface area contributed by atoms with Crippen LogP contribution in [0.3, 0.4) is 0 Å². The molecule has 1 amide bonds. The molecular weight excluding hydrogens is 370 g/mol. The van der Waals surface area contributed by atoms with Gasteiger partial charge in [0.15, 0.2) is 15.0 Å². The van der Waals surface area contributed by atoms with E-state index >= 15 is 0 Å². The number of benzene rings is 2. The fraction of sp³-hybridized carbons (Fsp3) is 0.167. The minimum atomic E-state index is -3.72. The zero-order valence-corrected chi connectivity index (χ0v) is 16.1. The topological polar surface area (TPSA) is 79.2 Å². The number of rotatable bonds is 5. The molecule has 136 valence electrons. The highest BCUT2D eigenvalue weighted by Gasteiger charge is 2.19. The van der Waals surface area contributed by atoms with Gasteiger partial charge in [-0.1, -0.05) is 60.3 Å². The highest BCUT2D eigenvalue weighted by Crippen LogP contribution is 2.11. The monoisotopic (exact) mass is 389 g/mol. The van der Waals surface area contributed by atoms with Crippen LogP contribution in [0, 0.1) is 0 Å². The highest BCUT2D eigenvalue weighted by molar-refractivity contribution is 8.13. The molecule has 0 heterocycles. The zero-order valence-electron chi connectivity index (χ0n) is 14.4. The van der Waals surface area contributed by atoms with Crippen molar-refractivity contribution in [1.82, 2.24) is 5.01 Å². The number of carbonyl (C=O) groups excluding carboxylic acids is 1. The van der Waals surface area contributed by atoms with E-state index in [2.05, 4.69) is 10.1 Å². The van der Waals surface area contributed by atoms with Crippen LogP contribution in [0.5, 0.6) is 0 Å². The number of amides is 1. The molecule has 6 nitrogen and oxygen atoms in total. The number of hydrazone groups is 1. The summed E-state index contributed by atoms with van der Waals surface area (Å²) in [6.07, 6.45) is 3.38. The molecule has 0 aliphatic heterocycles. The molecule has 0 atom stereocenters. The molecule has 0 aromatic heterocycles. The summed E-state index contributed by atoms with van der Waals surface area (Å²) in [7, 11) is -2.07. The van der Waals surface area contributed by atoms with Crippen LogP contribution in [0.1, 0.15) is 5.56 Å². The van der Waals surface area contributed by atoms with Crippen LogP contribution in [0.4, 0.5) is 0 Å². The van der Waals surface area contributed by atoms with Crippen molar-refractivity contribution in [3.63, 3.8) is 0 Å². The van der Waals surface area contributed by atoms with Crippen molar-refractivity contribution in [3.05, 3.63) is 66.2 Å². The lowest BCUT2D eigenvalue weighted by molar-refractivity contribution is -0.115. The Hall–Kier alpha value is -2.45. The summed E-state index contributed by atoms with van der Waals surface area (Å²) in [5, 5.41) is 5.97. The first kappa shape index (κ1) is 19.9. The number of nitrogens with zero attached hydrogens (tertiary/aromatic N) is 3. The summed E-state index contributed by atoms with van der Waals surface area (Å²) in [5.41, 5.74) is 0.901. The Balaban J connectivity index is 2.09. The maximum atomic E-state index is 12.3. The minimum Gasteiger partial charge on any atom is -0.271 e. The molecule has 0 saturated carbocycles. The van der Waals surface area contributed by atoms with Gasteiger partial charge in [0.2, 0.25) is 0 Å². The number of carbonyl (C=O) groups is 1. The number of aliphatic imine (C=N–C) groups is 1. The van der Waals surface area contributed by atoms with E-state index in [4.69, 9.17) is 0 Å². The number of thioether (sulfide) groups is 1. The Labute approximate surface area is 157 Å². The van der Waals surface area contributed by atoms with E-state index in [1.807, 2.05) is 30.3 Å². The molecular formula is C18H19N3O3S2. The van der Waals surface area contributed by atoms with Gasteiger partial charge in [0.25, 0.3) is 5.91 Å². The van der Waals surface area contributed by atoms with E-state index in [0.717, 1.165) is 5.56 Å². The van der Waals surface area contributed by atoms with Crippen LogP contribution in [-0.2, 0) is 14.6 Å². The van der Waals surface area contributed by atoms with E-state index in [-0.39, 0.29) is 4.90 Å². The third kappa shape index (κ3) is 5.82. The molecule has 26 heavy (non-hydrogen) atoms. The van der Waals surface area contributed by atoms with Crippen molar-refractivity contribution >= 4 is 38.9 Å². The lowest BCUT2D eigenvalue weighted by atomic mass is 10.2.